The van der Waals surface area contributed by atoms with Crippen molar-refractivity contribution in [1.29, 1.82) is 0 Å². The number of ether oxygens (including phenoxy) is 1. The summed E-state index contributed by atoms with van der Waals surface area (Å²) in [4.78, 5) is 11.0. The highest BCUT2D eigenvalue weighted by Gasteiger charge is 2.02. The van der Waals surface area contributed by atoms with E-state index in [0.717, 1.165) is 0 Å². The van der Waals surface area contributed by atoms with Crippen LogP contribution in [0, 0.1) is 0 Å². The molecule has 0 fully saturated rings. The van der Waals surface area contributed by atoms with Crippen LogP contribution in [-0.4, -0.2) is 25.5 Å². The molecule has 0 spiro atoms. The molecule has 6 nitrogen and oxygen atoms in total. The summed E-state index contributed by atoms with van der Waals surface area (Å²) in [6.07, 6.45) is 2.81. The van der Waals surface area contributed by atoms with Gasteiger partial charge in [0.15, 0.2) is 0 Å². The molecule has 1 rings (SSSR count). The average Bonchev–Trinajstić information content (AvgIpc) is 2.26. The van der Waals surface area contributed by atoms with Gasteiger partial charge in [-0.3, -0.25) is 9.27 Å². The fourth-order valence-electron chi connectivity index (χ4n) is 1.17. The Balaban J connectivity index is 2.69. The molecule has 0 bridgehead atoms. The number of carbonyl (C=O) groups is 1. The quantitative estimate of drug-likeness (QED) is 0.480. The summed E-state index contributed by atoms with van der Waals surface area (Å²) in [5, 5.41) is 0. The van der Waals surface area contributed by atoms with Crippen molar-refractivity contribution < 1.29 is 22.5 Å². The van der Waals surface area contributed by atoms with Gasteiger partial charge in [0.05, 0.1) is 12.3 Å². The molecule has 98 valence electrons. The van der Waals surface area contributed by atoms with Crippen LogP contribution in [0.5, 0.6) is 0 Å². The number of anilines is 1. The fourth-order valence-corrected chi connectivity index (χ4v) is 1.60. The van der Waals surface area contributed by atoms with Gasteiger partial charge in [-0.2, -0.15) is 8.42 Å². The summed E-state index contributed by atoms with van der Waals surface area (Å²) >= 11 is 0. The SMILES string of the molecule is CCOC(=O)/C=C/c1ccc(NS(=O)(=O)O)cc1. The van der Waals surface area contributed by atoms with Gasteiger partial charge in [-0.25, -0.2) is 4.79 Å². The van der Waals surface area contributed by atoms with E-state index >= 15 is 0 Å². The third kappa shape index (κ3) is 5.46. The van der Waals surface area contributed by atoms with Crippen LogP contribution in [0.1, 0.15) is 12.5 Å². The maximum Gasteiger partial charge on any atom is 0.357 e. The molecule has 0 saturated carbocycles. The van der Waals surface area contributed by atoms with Crippen LogP contribution in [0.15, 0.2) is 30.3 Å². The van der Waals surface area contributed by atoms with Crippen molar-refractivity contribution in [2.24, 2.45) is 0 Å². The van der Waals surface area contributed by atoms with Crippen LogP contribution in [0.25, 0.3) is 6.08 Å². The zero-order valence-electron chi connectivity index (χ0n) is 9.66. The van der Waals surface area contributed by atoms with Gasteiger partial charge in [0.2, 0.25) is 0 Å². The molecule has 1 aromatic carbocycles. The molecule has 0 amide bonds. The highest BCUT2D eigenvalue weighted by atomic mass is 32.2. The van der Waals surface area contributed by atoms with Crippen molar-refractivity contribution >= 4 is 28.0 Å². The lowest BCUT2D eigenvalue weighted by Crippen LogP contribution is -2.09. The lowest BCUT2D eigenvalue weighted by Gasteiger charge is -2.02. The zero-order valence-corrected chi connectivity index (χ0v) is 10.5. The summed E-state index contributed by atoms with van der Waals surface area (Å²) < 4.78 is 36.3. The number of hydrogen-bond donors (Lipinski definition) is 2. The Morgan fingerprint density at radius 1 is 1.39 bits per heavy atom. The first-order chi connectivity index (χ1) is 8.40. The molecule has 18 heavy (non-hydrogen) atoms. The smallest absolute Gasteiger partial charge is 0.357 e. The molecule has 0 atom stereocenters. The van der Waals surface area contributed by atoms with Gasteiger partial charge < -0.3 is 4.74 Å². The van der Waals surface area contributed by atoms with E-state index in [4.69, 9.17) is 9.29 Å². The first-order valence-corrected chi connectivity index (χ1v) is 6.55. The maximum absolute atomic E-state index is 11.0. The molecule has 0 aliphatic carbocycles. The minimum Gasteiger partial charge on any atom is -0.463 e. The number of hydrogen-bond acceptors (Lipinski definition) is 4. The Hall–Kier alpha value is -1.86. The third-order valence-corrected chi connectivity index (χ3v) is 2.35. The largest absolute Gasteiger partial charge is 0.463 e. The standard InChI is InChI=1S/C11H13NO5S/c1-2-17-11(13)8-5-9-3-6-10(7-4-9)12-18(14,15)16/h3-8,12H,2H2,1H3,(H,14,15,16)/b8-5+. The van der Waals surface area contributed by atoms with Gasteiger partial charge in [0, 0.05) is 6.08 Å². The van der Waals surface area contributed by atoms with Gasteiger partial charge in [-0.15, -0.1) is 0 Å². The van der Waals surface area contributed by atoms with Gasteiger partial charge >= 0.3 is 16.3 Å². The number of esters is 1. The Bertz CT molecular complexity index is 533. The van der Waals surface area contributed by atoms with Crippen molar-refractivity contribution in [1.82, 2.24) is 0 Å². The van der Waals surface area contributed by atoms with E-state index in [1.54, 1.807) is 19.1 Å². The number of benzene rings is 1. The Morgan fingerprint density at radius 2 is 2.00 bits per heavy atom. The van der Waals surface area contributed by atoms with E-state index in [1.165, 1.54) is 24.3 Å². The second-order valence-electron chi connectivity index (χ2n) is 3.28. The average molecular weight is 271 g/mol. The highest BCUT2D eigenvalue weighted by Crippen LogP contribution is 2.11. The monoisotopic (exact) mass is 271 g/mol. The molecule has 0 aliphatic rings. The van der Waals surface area contributed by atoms with E-state index < -0.39 is 16.3 Å². The predicted molar refractivity (Wildman–Crippen MR) is 67.3 cm³/mol. The van der Waals surface area contributed by atoms with E-state index in [1.807, 2.05) is 4.72 Å². The van der Waals surface area contributed by atoms with Crippen LogP contribution >= 0.6 is 0 Å². The van der Waals surface area contributed by atoms with Crippen LogP contribution < -0.4 is 4.72 Å². The van der Waals surface area contributed by atoms with Crippen molar-refractivity contribution in [3.63, 3.8) is 0 Å². The Morgan fingerprint density at radius 3 is 2.50 bits per heavy atom. The molecular formula is C11H13NO5S. The molecule has 7 heteroatoms. The minimum absolute atomic E-state index is 0.228. The lowest BCUT2D eigenvalue weighted by atomic mass is 10.2. The molecule has 0 aliphatic heterocycles. The van der Waals surface area contributed by atoms with Gasteiger partial charge in [-0.1, -0.05) is 12.1 Å². The van der Waals surface area contributed by atoms with E-state index in [2.05, 4.69) is 0 Å². The van der Waals surface area contributed by atoms with Gasteiger partial charge in [-0.05, 0) is 30.7 Å². The first kappa shape index (κ1) is 14.2. The summed E-state index contributed by atoms with van der Waals surface area (Å²) in [6, 6.07) is 6.09. The highest BCUT2D eigenvalue weighted by molar-refractivity contribution is 7.87. The zero-order chi connectivity index (χ0) is 13.6. The van der Waals surface area contributed by atoms with Crippen LogP contribution in [0.2, 0.25) is 0 Å². The lowest BCUT2D eigenvalue weighted by molar-refractivity contribution is -0.137. The second-order valence-corrected chi connectivity index (χ2v) is 4.44. The molecule has 1 aromatic rings. The second kappa shape index (κ2) is 6.18. The first-order valence-electron chi connectivity index (χ1n) is 5.11. The fraction of sp³-hybridized carbons (Fsp3) is 0.182. The number of nitrogens with one attached hydrogen (secondary N) is 1. The summed E-state index contributed by atoms with van der Waals surface area (Å²) in [5.41, 5.74) is 0.926. The van der Waals surface area contributed by atoms with E-state index in [-0.39, 0.29) is 5.69 Å². The molecule has 0 heterocycles. The molecule has 0 radical (unpaired) electrons. The minimum atomic E-state index is -4.27. The topological polar surface area (TPSA) is 92.7 Å². The molecular weight excluding hydrogens is 258 g/mol. The van der Waals surface area contributed by atoms with Crippen molar-refractivity contribution in [2.45, 2.75) is 6.92 Å². The number of rotatable bonds is 5. The predicted octanol–water partition coefficient (Wildman–Crippen LogP) is 1.48. The number of carbonyl (C=O) groups excluding carboxylic acids is 1. The normalized spacial score (nSPS) is 11.4. The van der Waals surface area contributed by atoms with Crippen molar-refractivity contribution in [3.8, 4) is 0 Å². The maximum atomic E-state index is 11.0. The van der Waals surface area contributed by atoms with Gasteiger partial charge in [0.1, 0.15) is 0 Å². The van der Waals surface area contributed by atoms with Crippen molar-refractivity contribution in [2.75, 3.05) is 11.3 Å². The molecule has 0 aromatic heterocycles. The third-order valence-electron chi connectivity index (χ3n) is 1.86. The molecule has 2 N–H and O–H groups in total. The van der Waals surface area contributed by atoms with E-state index in [0.29, 0.717) is 12.2 Å². The summed E-state index contributed by atoms with van der Waals surface area (Å²) in [5.74, 6) is -0.447. The molecule has 0 unspecified atom stereocenters. The summed E-state index contributed by atoms with van der Waals surface area (Å²) in [7, 11) is -4.27. The Kier molecular flexibility index (Phi) is 4.87. The van der Waals surface area contributed by atoms with Gasteiger partial charge in [0.25, 0.3) is 0 Å². The Labute approximate surface area is 105 Å². The van der Waals surface area contributed by atoms with Crippen LogP contribution in [0.4, 0.5) is 5.69 Å². The summed E-state index contributed by atoms with van der Waals surface area (Å²) in [6.45, 7) is 2.02. The molecule has 0 saturated heterocycles. The van der Waals surface area contributed by atoms with Crippen LogP contribution in [-0.2, 0) is 19.8 Å². The van der Waals surface area contributed by atoms with E-state index in [9.17, 15) is 13.2 Å². The van der Waals surface area contributed by atoms with Crippen LogP contribution in [0.3, 0.4) is 0 Å². The van der Waals surface area contributed by atoms with Crippen molar-refractivity contribution in [3.05, 3.63) is 35.9 Å².